The molecule has 0 atom stereocenters. The number of rotatable bonds is 5. The molecule has 0 bridgehead atoms. The van der Waals surface area contributed by atoms with E-state index in [1.807, 2.05) is 6.07 Å². The molecular formula is C19H17BrN4O3. The molecule has 8 heteroatoms. The number of nitrogens with zero attached hydrogens (tertiary/aromatic N) is 3. The van der Waals surface area contributed by atoms with E-state index in [9.17, 15) is 9.59 Å². The summed E-state index contributed by atoms with van der Waals surface area (Å²) in [5.74, 6) is -0.682. The van der Waals surface area contributed by atoms with E-state index in [0.717, 1.165) is 4.47 Å². The van der Waals surface area contributed by atoms with Gasteiger partial charge in [0, 0.05) is 22.6 Å². The number of ether oxygens (including phenoxy) is 1. The summed E-state index contributed by atoms with van der Waals surface area (Å²) in [7, 11) is 0. The Morgan fingerprint density at radius 2 is 2.04 bits per heavy atom. The predicted octanol–water partition coefficient (Wildman–Crippen LogP) is 3.77. The van der Waals surface area contributed by atoms with Gasteiger partial charge in [-0.15, -0.1) is 0 Å². The molecule has 0 saturated heterocycles. The van der Waals surface area contributed by atoms with E-state index >= 15 is 0 Å². The Hall–Kier alpha value is -3.00. The number of anilines is 1. The van der Waals surface area contributed by atoms with Gasteiger partial charge in [0.05, 0.1) is 29.7 Å². The summed E-state index contributed by atoms with van der Waals surface area (Å²) < 4.78 is 7.39. The lowest BCUT2D eigenvalue weighted by molar-refractivity contribution is 0.0525. The molecule has 0 aliphatic heterocycles. The first-order chi connectivity index (χ1) is 13.0. The van der Waals surface area contributed by atoms with Crippen molar-refractivity contribution in [3.8, 4) is 5.69 Å². The number of pyridine rings is 1. The maximum absolute atomic E-state index is 12.4. The second-order valence-corrected chi connectivity index (χ2v) is 6.59. The Morgan fingerprint density at radius 1 is 1.22 bits per heavy atom. The Bertz CT molecular complexity index is 1000. The van der Waals surface area contributed by atoms with Gasteiger partial charge < -0.3 is 10.1 Å². The zero-order valence-electron chi connectivity index (χ0n) is 14.8. The summed E-state index contributed by atoms with van der Waals surface area (Å²) in [5.41, 5.74) is 2.83. The van der Waals surface area contributed by atoms with Gasteiger partial charge in [-0.3, -0.25) is 9.78 Å². The lowest BCUT2D eigenvalue weighted by Crippen LogP contribution is -2.12. The van der Waals surface area contributed by atoms with Gasteiger partial charge in [-0.2, -0.15) is 5.10 Å². The molecule has 0 saturated carbocycles. The SMILES string of the molecule is CCOC(=O)c1cnn(-c2cccc(NC(=O)c3cncc(Br)c3)c2)c1C. The van der Waals surface area contributed by atoms with Crippen LogP contribution in [0, 0.1) is 6.92 Å². The first kappa shape index (κ1) is 18.8. The molecule has 0 aliphatic rings. The van der Waals surface area contributed by atoms with Gasteiger partial charge in [0.1, 0.15) is 5.56 Å². The molecule has 1 N–H and O–H groups in total. The summed E-state index contributed by atoms with van der Waals surface area (Å²) in [6, 6.07) is 8.88. The zero-order chi connectivity index (χ0) is 19.4. The van der Waals surface area contributed by atoms with Crippen LogP contribution in [0.3, 0.4) is 0 Å². The largest absolute Gasteiger partial charge is 0.462 e. The van der Waals surface area contributed by atoms with Crippen molar-refractivity contribution >= 4 is 33.5 Å². The number of hydrogen-bond acceptors (Lipinski definition) is 5. The summed E-state index contributed by atoms with van der Waals surface area (Å²) in [6.07, 6.45) is 4.58. The minimum absolute atomic E-state index is 0.273. The van der Waals surface area contributed by atoms with Crippen molar-refractivity contribution in [2.24, 2.45) is 0 Å². The summed E-state index contributed by atoms with van der Waals surface area (Å²) in [5, 5.41) is 7.10. The summed E-state index contributed by atoms with van der Waals surface area (Å²) in [4.78, 5) is 28.3. The molecule has 138 valence electrons. The third-order valence-corrected chi connectivity index (χ3v) is 4.25. The van der Waals surface area contributed by atoms with Gasteiger partial charge in [-0.25, -0.2) is 9.48 Å². The third-order valence-electron chi connectivity index (χ3n) is 3.82. The standard InChI is InChI=1S/C19H17BrN4O3/c1-3-27-19(26)17-11-22-24(12(17)2)16-6-4-5-15(8-16)23-18(25)13-7-14(20)10-21-9-13/h4-11H,3H2,1-2H3,(H,23,25). The van der Waals surface area contributed by atoms with Crippen LogP contribution in [-0.2, 0) is 4.74 Å². The van der Waals surface area contributed by atoms with Crippen LogP contribution in [-0.4, -0.2) is 33.2 Å². The van der Waals surface area contributed by atoms with Crippen LogP contribution in [0.25, 0.3) is 5.69 Å². The highest BCUT2D eigenvalue weighted by atomic mass is 79.9. The second-order valence-electron chi connectivity index (χ2n) is 5.67. The highest BCUT2D eigenvalue weighted by Crippen LogP contribution is 2.19. The van der Waals surface area contributed by atoms with E-state index in [-0.39, 0.29) is 5.91 Å². The Kier molecular flexibility index (Phi) is 5.66. The van der Waals surface area contributed by atoms with Gasteiger partial charge >= 0.3 is 5.97 Å². The highest BCUT2D eigenvalue weighted by Gasteiger charge is 2.16. The molecular weight excluding hydrogens is 412 g/mol. The molecule has 1 amide bonds. The van der Waals surface area contributed by atoms with Crippen molar-refractivity contribution in [2.75, 3.05) is 11.9 Å². The smallest absolute Gasteiger partial charge is 0.341 e. The molecule has 0 unspecified atom stereocenters. The van der Waals surface area contributed by atoms with Crippen molar-refractivity contribution < 1.29 is 14.3 Å². The maximum Gasteiger partial charge on any atom is 0.341 e. The van der Waals surface area contributed by atoms with Crippen molar-refractivity contribution in [1.29, 1.82) is 0 Å². The topological polar surface area (TPSA) is 86.1 Å². The van der Waals surface area contributed by atoms with Crippen LogP contribution in [0.15, 0.2) is 53.4 Å². The van der Waals surface area contributed by atoms with Crippen molar-refractivity contribution in [3.05, 3.63) is 70.2 Å². The number of carbonyl (C=O) groups is 2. The van der Waals surface area contributed by atoms with E-state index in [4.69, 9.17) is 4.74 Å². The minimum Gasteiger partial charge on any atom is -0.462 e. The number of nitrogens with one attached hydrogen (secondary N) is 1. The first-order valence-corrected chi connectivity index (χ1v) is 9.03. The first-order valence-electron chi connectivity index (χ1n) is 8.23. The highest BCUT2D eigenvalue weighted by molar-refractivity contribution is 9.10. The van der Waals surface area contributed by atoms with Crippen LogP contribution in [0.1, 0.15) is 33.3 Å². The van der Waals surface area contributed by atoms with Crippen LogP contribution < -0.4 is 5.32 Å². The maximum atomic E-state index is 12.4. The average Bonchev–Trinajstić information content (AvgIpc) is 3.03. The lowest BCUT2D eigenvalue weighted by Gasteiger charge is -2.09. The number of amides is 1. The quantitative estimate of drug-likeness (QED) is 0.625. The van der Waals surface area contributed by atoms with E-state index in [2.05, 4.69) is 31.3 Å². The summed E-state index contributed by atoms with van der Waals surface area (Å²) in [6.45, 7) is 3.84. The zero-order valence-corrected chi connectivity index (χ0v) is 16.4. The molecule has 3 rings (SSSR count). The van der Waals surface area contributed by atoms with Gasteiger partial charge in [0.25, 0.3) is 5.91 Å². The molecule has 2 heterocycles. The fourth-order valence-electron chi connectivity index (χ4n) is 2.53. The van der Waals surface area contributed by atoms with Crippen LogP contribution in [0.4, 0.5) is 5.69 Å². The molecule has 0 spiro atoms. The van der Waals surface area contributed by atoms with E-state index in [0.29, 0.717) is 34.8 Å². The molecule has 2 aromatic heterocycles. The predicted molar refractivity (Wildman–Crippen MR) is 104 cm³/mol. The minimum atomic E-state index is -0.409. The van der Waals surface area contributed by atoms with Gasteiger partial charge in [0.15, 0.2) is 0 Å². The van der Waals surface area contributed by atoms with Gasteiger partial charge in [-0.1, -0.05) is 6.07 Å². The monoisotopic (exact) mass is 428 g/mol. The van der Waals surface area contributed by atoms with Crippen molar-refractivity contribution in [2.45, 2.75) is 13.8 Å². The van der Waals surface area contributed by atoms with E-state index < -0.39 is 5.97 Å². The number of aromatic nitrogens is 3. The second kappa shape index (κ2) is 8.13. The number of hydrogen-bond donors (Lipinski definition) is 1. The van der Waals surface area contributed by atoms with Crippen LogP contribution >= 0.6 is 15.9 Å². The summed E-state index contributed by atoms with van der Waals surface area (Å²) >= 11 is 3.30. The van der Waals surface area contributed by atoms with E-state index in [1.54, 1.807) is 49.0 Å². The fraction of sp³-hybridized carbons (Fsp3) is 0.158. The van der Waals surface area contributed by atoms with E-state index in [1.165, 1.54) is 12.4 Å². The molecule has 0 radical (unpaired) electrons. The van der Waals surface area contributed by atoms with Crippen molar-refractivity contribution in [1.82, 2.24) is 14.8 Å². The number of benzene rings is 1. The number of esters is 1. The molecule has 3 aromatic rings. The normalized spacial score (nSPS) is 10.5. The number of halogens is 1. The van der Waals surface area contributed by atoms with Crippen LogP contribution in [0.2, 0.25) is 0 Å². The van der Waals surface area contributed by atoms with Gasteiger partial charge in [0.2, 0.25) is 0 Å². The third kappa shape index (κ3) is 4.22. The molecule has 1 aromatic carbocycles. The molecule has 0 fully saturated rings. The average molecular weight is 429 g/mol. The Balaban J connectivity index is 1.84. The molecule has 0 aliphatic carbocycles. The fourth-order valence-corrected chi connectivity index (χ4v) is 2.90. The molecule has 7 nitrogen and oxygen atoms in total. The Labute approximate surface area is 164 Å². The molecule has 27 heavy (non-hydrogen) atoms. The lowest BCUT2D eigenvalue weighted by atomic mass is 10.2. The number of carbonyl (C=O) groups excluding carboxylic acids is 2. The van der Waals surface area contributed by atoms with Gasteiger partial charge in [-0.05, 0) is 54.0 Å². The van der Waals surface area contributed by atoms with Crippen molar-refractivity contribution in [3.63, 3.8) is 0 Å². The van der Waals surface area contributed by atoms with Crippen LogP contribution in [0.5, 0.6) is 0 Å². The Morgan fingerprint density at radius 3 is 2.78 bits per heavy atom.